The number of rotatable bonds is 5. The molecular formula is C18H18N2O4. The minimum atomic E-state index is -0.593. The molecule has 0 radical (unpaired) electrons. The predicted octanol–water partition coefficient (Wildman–Crippen LogP) is 1.80. The molecule has 1 atom stereocenters. The van der Waals surface area contributed by atoms with Crippen molar-refractivity contribution in [2.45, 2.75) is 12.5 Å². The van der Waals surface area contributed by atoms with Crippen molar-refractivity contribution < 1.29 is 19.1 Å². The maximum Gasteiger partial charge on any atom is 0.258 e. The zero-order valence-corrected chi connectivity index (χ0v) is 13.0. The fraction of sp³-hybridized carbons (Fsp3) is 0.222. The summed E-state index contributed by atoms with van der Waals surface area (Å²) in [6.07, 6.45) is 0.695. The number of para-hydroxylation sites is 2. The smallest absolute Gasteiger partial charge is 0.258 e. The van der Waals surface area contributed by atoms with Crippen LogP contribution in [0.25, 0.3) is 0 Å². The van der Waals surface area contributed by atoms with Gasteiger partial charge in [-0.3, -0.25) is 9.59 Å². The summed E-state index contributed by atoms with van der Waals surface area (Å²) in [5.74, 6) is 0.224. The topological polar surface area (TPSA) is 90.7 Å². The van der Waals surface area contributed by atoms with E-state index in [1.807, 2.05) is 24.3 Å². The normalized spacial score (nSPS) is 15.8. The fourth-order valence-electron chi connectivity index (χ4n) is 2.67. The lowest BCUT2D eigenvalue weighted by atomic mass is 10.0. The second kappa shape index (κ2) is 7.04. The summed E-state index contributed by atoms with van der Waals surface area (Å²) in [6, 6.07) is 14.1. The standard InChI is InChI=1S/C18H18N2O4/c19-18(22)13-6-2-4-8-16(13)24-11-17(21)20-14-9-10-23-15-7-3-1-5-12(14)15/h1-8,14H,9-11H2,(H2,19,22)(H,20,21)/t14-/m0/s1. The van der Waals surface area contributed by atoms with Gasteiger partial charge in [0, 0.05) is 12.0 Å². The highest BCUT2D eigenvalue weighted by atomic mass is 16.5. The molecule has 2 aromatic rings. The number of hydrogen-bond donors (Lipinski definition) is 2. The van der Waals surface area contributed by atoms with Gasteiger partial charge in [-0.15, -0.1) is 0 Å². The molecule has 0 spiro atoms. The van der Waals surface area contributed by atoms with E-state index in [0.717, 1.165) is 11.3 Å². The summed E-state index contributed by atoms with van der Waals surface area (Å²) in [7, 11) is 0. The SMILES string of the molecule is NC(=O)c1ccccc1OCC(=O)N[C@H]1CCOc2ccccc21. The Morgan fingerprint density at radius 2 is 1.92 bits per heavy atom. The van der Waals surface area contributed by atoms with E-state index in [9.17, 15) is 9.59 Å². The lowest BCUT2D eigenvalue weighted by Gasteiger charge is -2.26. The van der Waals surface area contributed by atoms with Crippen molar-refractivity contribution in [1.82, 2.24) is 5.32 Å². The number of ether oxygens (including phenoxy) is 2. The van der Waals surface area contributed by atoms with Crippen molar-refractivity contribution in [1.29, 1.82) is 0 Å². The van der Waals surface area contributed by atoms with E-state index in [0.29, 0.717) is 18.8 Å². The van der Waals surface area contributed by atoms with E-state index in [1.165, 1.54) is 0 Å². The number of carbonyl (C=O) groups is 2. The molecule has 3 rings (SSSR count). The lowest BCUT2D eigenvalue weighted by molar-refractivity contribution is -0.124. The van der Waals surface area contributed by atoms with E-state index < -0.39 is 5.91 Å². The van der Waals surface area contributed by atoms with Gasteiger partial charge in [0.2, 0.25) is 0 Å². The van der Waals surface area contributed by atoms with Crippen LogP contribution in [-0.4, -0.2) is 25.0 Å². The maximum absolute atomic E-state index is 12.2. The highest BCUT2D eigenvalue weighted by molar-refractivity contribution is 5.95. The molecule has 1 aliphatic rings. The van der Waals surface area contributed by atoms with Gasteiger partial charge in [-0.2, -0.15) is 0 Å². The molecule has 0 fully saturated rings. The Bertz CT molecular complexity index is 760. The largest absolute Gasteiger partial charge is 0.493 e. The number of nitrogens with two attached hydrogens (primary N) is 1. The molecule has 2 amide bonds. The van der Waals surface area contributed by atoms with Crippen molar-refractivity contribution in [3.8, 4) is 11.5 Å². The third-order valence-electron chi connectivity index (χ3n) is 3.81. The first kappa shape index (κ1) is 15.9. The van der Waals surface area contributed by atoms with Crippen LogP contribution < -0.4 is 20.5 Å². The number of fused-ring (bicyclic) bond motifs is 1. The van der Waals surface area contributed by atoms with Crippen molar-refractivity contribution in [2.24, 2.45) is 5.73 Å². The Hall–Kier alpha value is -3.02. The van der Waals surface area contributed by atoms with E-state index in [4.69, 9.17) is 15.2 Å². The van der Waals surface area contributed by atoms with Crippen LogP contribution in [0.4, 0.5) is 0 Å². The Balaban J connectivity index is 1.62. The van der Waals surface area contributed by atoms with Gasteiger partial charge < -0.3 is 20.5 Å². The molecular weight excluding hydrogens is 308 g/mol. The van der Waals surface area contributed by atoms with Crippen molar-refractivity contribution >= 4 is 11.8 Å². The Morgan fingerprint density at radius 3 is 2.75 bits per heavy atom. The molecule has 3 N–H and O–H groups in total. The molecule has 2 aromatic carbocycles. The molecule has 0 unspecified atom stereocenters. The first-order chi connectivity index (χ1) is 11.6. The molecule has 0 saturated heterocycles. The second-order valence-corrected chi connectivity index (χ2v) is 5.44. The molecule has 0 bridgehead atoms. The maximum atomic E-state index is 12.2. The second-order valence-electron chi connectivity index (χ2n) is 5.44. The zero-order valence-electron chi connectivity index (χ0n) is 13.0. The number of carbonyl (C=O) groups excluding carboxylic acids is 2. The number of amides is 2. The number of hydrogen-bond acceptors (Lipinski definition) is 4. The van der Waals surface area contributed by atoms with Crippen molar-refractivity contribution in [2.75, 3.05) is 13.2 Å². The number of nitrogens with one attached hydrogen (secondary N) is 1. The summed E-state index contributed by atoms with van der Waals surface area (Å²) in [4.78, 5) is 23.5. The molecule has 0 saturated carbocycles. The molecule has 0 aromatic heterocycles. The highest BCUT2D eigenvalue weighted by Gasteiger charge is 2.22. The van der Waals surface area contributed by atoms with E-state index >= 15 is 0 Å². The molecule has 6 nitrogen and oxygen atoms in total. The van der Waals surface area contributed by atoms with Gasteiger partial charge in [0.05, 0.1) is 18.2 Å². The van der Waals surface area contributed by atoms with Gasteiger partial charge in [-0.1, -0.05) is 30.3 Å². The lowest BCUT2D eigenvalue weighted by Crippen LogP contribution is -2.35. The molecule has 124 valence electrons. The quantitative estimate of drug-likeness (QED) is 0.876. The molecule has 1 heterocycles. The van der Waals surface area contributed by atoms with E-state index in [2.05, 4.69) is 5.32 Å². The third kappa shape index (κ3) is 3.48. The van der Waals surface area contributed by atoms with Crippen LogP contribution in [0.3, 0.4) is 0 Å². The Morgan fingerprint density at radius 1 is 1.17 bits per heavy atom. The van der Waals surface area contributed by atoms with Crippen LogP contribution in [-0.2, 0) is 4.79 Å². The number of benzene rings is 2. The average molecular weight is 326 g/mol. The monoisotopic (exact) mass is 326 g/mol. The molecule has 24 heavy (non-hydrogen) atoms. The average Bonchev–Trinajstić information content (AvgIpc) is 2.60. The minimum absolute atomic E-state index is 0.113. The van der Waals surface area contributed by atoms with Crippen molar-refractivity contribution in [3.63, 3.8) is 0 Å². The molecule has 6 heteroatoms. The van der Waals surface area contributed by atoms with Crippen LogP contribution >= 0.6 is 0 Å². The van der Waals surface area contributed by atoms with Crippen LogP contribution in [0.5, 0.6) is 11.5 Å². The van der Waals surface area contributed by atoms with Gasteiger partial charge in [0.1, 0.15) is 11.5 Å². The summed E-state index contributed by atoms with van der Waals surface area (Å²) < 4.78 is 11.0. The van der Waals surface area contributed by atoms with Gasteiger partial charge in [-0.05, 0) is 18.2 Å². The first-order valence-electron chi connectivity index (χ1n) is 7.68. The third-order valence-corrected chi connectivity index (χ3v) is 3.81. The summed E-state index contributed by atoms with van der Waals surface area (Å²) in [5.41, 5.74) is 6.50. The fourth-order valence-corrected chi connectivity index (χ4v) is 2.67. The Labute approximate surface area is 139 Å². The summed E-state index contributed by atoms with van der Waals surface area (Å²) in [6.45, 7) is 0.358. The van der Waals surface area contributed by atoms with E-state index in [-0.39, 0.29) is 24.1 Å². The van der Waals surface area contributed by atoms with Crippen LogP contribution in [0.2, 0.25) is 0 Å². The van der Waals surface area contributed by atoms with Crippen LogP contribution in [0.1, 0.15) is 28.4 Å². The van der Waals surface area contributed by atoms with Gasteiger partial charge >= 0.3 is 0 Å². The highest BCUT2D eigenvalue weighted by Crippen LogP contribution is 2.31. The predicted molar refractivity (Wildman–Crippen MR) is 87.9 cm³/mol. The summed E-state index contributed by atoms with van der Waals surface area (Å²) >= 11 is 0. The van der Waals surface area contributed by atoms with Gasteiger partial charge in [0.25, 0.3) is 11.8 Å². The van der Waals surface area contributed by atoms with E-state index in [1.54, 1.807) is 24.3 Å². The molecule has 0 aliphatic carbocycles. The van der Waals surface area contributed by atoms with Crippen LogP contribution in [0.15, 0.2) is 48.5 Å². The van der Waals surface area contributed by atoms with Crippen molar-refractivity contribution in [3.05, 3.63) is 59.7 Å². The Kier molecular flexibility index (Phi) is 4.65. The first-order valence-corrected chi connectivity index (χ1v) is 7.68. The van der Waals surface area contributed by atoms with Gasteiger partial charge in [-0.25, -0.2) is 0 Å². The summed E-state index contributed by atoms with van der Waals surface area (Å²) in [5, 5.41) is 2.93. The minimum Gasteiger partial charge on any atom is -0.493 e. The van der Waals surface area contributed by atoms with Gasteiger partial charge in [0.15, 0.2) is 6.61 Å². The molecule has 1 aliphatic heterocycles. The van der Waals surface area contributed by atoms with Crippen LogP contribution in [0, 0.1) is 0 Å². The number of primary amides is 1. The zero-order chi connectivity index (χ0) is 16.9.